The molecule has 24 heavy (non-hydrogen) atoms. The van der Waals surface area contributed by atoms with Gasteiger partial charge in [0.25, 0.3) is 0 Å². The van der Waals surface area contributed by atoms with E-state index in [4.69, 9.17) is 16.3 Å². The summed E-state index contributed by atoms with van der Waals surface area (Å²) in [7, 11) is 0. The SMILES string of the molecule is O=C(NCCN1CCNCC1)C1(c2ccccc2Cl)CCOCC1. The molecule has 2 fully saturated rings. The fraction of sp³-hybridized carbons (Fsp3) is 0.611. The molecule has 2 saturated heterocycles. The fourth-order valence-corrected chi connectivity index (χ4v) is 3.94. The van der Waals surface area contributed by atoms with Crippen molar-refractivity contribution in [3.63, 3.8) is 0 Å². The molecule has 0 spiro atoms. The largest absolute Gasteiger partial charge is 0.381 e. The van der Waals surface area contributed by atoms with Crippen LogP contribution in [0.1, 0.15) is 18.4 Å². The van der Waals surface area contributed by atoms with Gasteiger partial charge in [0.15, 0.2) is 0 Å². The highest BCUT2D eigenvalue weighted by Crippen LogP contribution is 2.38. The van der Waals surface area contributed by atoms with Crippen molar-refractivity contribution in [2.45, 2.75) is 18.3 Å². The van der Waals surface area contributed by atoms with E-state index >= 15 is 0 Å². The predicted molar refractivity (Wildman–Crippen MR) is 95.5 cm³/mol. The maximum Gasteiger partial charge on any atom is 0.230 e. The van der Waals surface area contributed by atoms with Crippen molar-refractivity contribution in [3.05, 3.63) is 34.9 Å². The van der Waals surface area contributed by atoms with Crippen molar-refractivity contribution in [2.24, 2.45) is 0 Å². The third-order valence-electron chi connectivity index (χ3n) is 5.09. The number of piperazine rings is 1. The van der Waals surface area contributed by atoms with Crippen LogP contribution in [0, 0.1) is 0 Å². The summed E-state index contributed by atoms with van der Waals surface area (Å²) in [6, 6.07) is 7.69. The number of halogens is 1. The Morgan fingerprint density at radius 1 is 1.25 bits per heavy atom. The number of ether oxygens (including phenoxy) is 1. The summed E-state index contributed by atoms with van der Waals surface area (Å²) in [5.41, 5.74) is 0.356. The molecule has 1 amide bonds. The van der Waals surface area contributed by atoms with Crippen LogP contribution in [0.3, 0.4) is 0 Å². The predicted octanol–water partition coefficient (Wildman–Crippen LogP) is 1.41. The van der Waals surface area contributed by atoms with Crippen LogP contribution in [0.25, 0.3) is 0 Å². The molecule has 1 aromatic carbocycles. The minimum atomic E-state index is -0.569. The minimum Gasteiger partial charge on any atom is -0.381 e. The molecule has 132 valence electrons. The Bertz CT molecular complexity index is 555. The van der Waals surface area contributed by atoms with E-state index in [1.165, 1.54) is 0 Å². The summed E-state index contributed by atoms with van der Waals surface area (Å²) in [6.07, 6.45) is 1.35. The van der Waals surface area contributed by atoms with E-state index < -0.39 is 5.41 Å². The van der Waals surface area contributed by atoms with Crippen LogP contribution in [0.4, 0.5) is 0 Å². The maximum absolute atomic E-state index is 13.1. The van der Waals surface area contributed by atoms with Crippen molar-refractivity contribution >= 4 is 17.5 Å². The first-order chi connectivity index (χ1) is 11.7. The number of carbonyl (C=O) groups is 1. The van der Waals surface area contributed by atoms with Crippen molar-refractivity contribution < 1.29 is 9.53 Å². The first-order valence-corrected chi connectivity index (χ1v) is 9.14. The highest BCUT2D eigenvalue weighted by molar-refractivity contribution is 6.31. The van der Waals surface area contributed by atoms with Crippen LogP contribution >= 0.6 is 11.6 Å². The van der Waals surface area contributed by atoms with E-state index in [1.807, 2.05) is 24.3 Å². The molecule has 3 rings (SSSR count). The van der Waals surface area contributed by atoms with Gasteiger partial charge in [-0.15, -0.1) is 0 Å². The van der Waals surface area contributed by atoms with Crippen molar-refractivity contribution in [3.8, 4) is 0 Å². The van der Waals surface area contributed by atoms with Crippen LogP contribution < -0.4 is 10.6 Å². The highest BCUT2D eigenvalue weighted by atomic mass is 35.5. The summed E-state index contributed by atoms with van der Waals surface area (Å²) >= 11 is 6.41. The van der Waals surface area contributed by atoms with Gasteiger partial charge in [-0.1, -0.05) is 29.8 Å². The molecule has 2 N–H and O–H groups in total. The molecule has 2 heterocycles. The molecule has 6 heteroatoms. The lowest BCUT2D eigenvalue weighted by Crippen LogP contribution is -2.51. The standard InChI is InChI=1S/C18H26ClN3O2/c19-16-4-2-1-3-15(16)18(5-13-24-14-6-18)17(23)21-9-12-22-10-7-20-8-11-22/h1-4,20H,5-14H2,(H,21,23). The van der Waals surface area contributed by atoms with E-state index in [0.717, 1.165) is 38.3 Å². The number of rotatable bonds is 5. The van der Waals surface area contributed by atoms with E-state index in [9.17, 15) is 4.79 Å². The summed E-state index contributed by atoms with van der Waals surface area (Å²) in [6.45, 7) is 6.88. The zero-order valence-corrected chi connectivity index (χ0v) is 14.8. The van der Waals surface area contributed by atoms with E-state index in [-0.39, 0.29) is 5.91 Å². The zero-order chi connectivity index (χ0) is 16.8. The second kappa shape index (κ2) is 8.30. The van der Waals surface area contributed by atoms with Gasteiger partial charge < -0.3 is 15.4 Å². The third-order valence-corrected chi connectivity index (χ3v) is 5.42. The van der Waals surface area contributed by atoms with Crippen LogP contribution in [0.2, 0.25) is 5.02 Å². The smallest absolute Gasteiger partial charge is 0.230 e. The van der Waals surface area contributed by atoms with Crippen molar-refractivity contribution in [1.29, 1.82) is 0 Å². The van der Waals surface area contributed by atoms with Crippen LogP contribution in [-0.4, -0.2) is 63.3 Å². The lowest BCUT2D eigenvalue weighted by Gasteiger charge is -2.37. The summed E-state index contributed by atoms with van der Waals surface area (Å²) in [5.74, 6) is 0.0778. The van der Waals surface area contributed by atoms with E-state index in [1.54, 1.807) is 0 Å². The van der Waals surface area contributed by atoms with Crippen LogP contribution in [0.5, 0.6) is 0 Å². The Morgan fingerprint density at radius 2 is 1.96 bits per heavy atom. The van der Waals surface area contributed by atoms with Gasteiger partial charge >= 0.3 is 0 Å². The fourth-order valence-electron chi connectivity index (χ4n) is 3.62. The number of hydrogen-bond acceptors (Lipinski definition) is 4. The number of nitrogens with zero attached hydrogens (tertiary/aromatic N) is 1. The van der Waals surface area contributed by atoms with Gasteiger partial charge in [0.2, 0.25) is 5.91 Å². The Kier molecular flexibility index (Phi) is 6.11. The molecule has 5 nitrogen and oxygen atoms in total. The number of nitrogens with one attached hydrogen (secondary N) is 2. The van der Waals surface area contributed by atoms with Gasteiger partial charge in [-0.2, -0.15) is 0 Å². The monoisotopic (exact) mass is 351 g/mol. The van der Waals surface area contributed by atoms with Gasteiger partial charge in [0, 0.05) is 57.5 Å². The Balaban J connectivity index is 1.67. The maximum atomic E-state index is 13.1. The van der Waals surface area contributed by atoms with Gasteiger partial charge in [-0.3, -0.25) is 9.69 Å². The second-order valence-electron chi connectivity index (χ2n) is 6.52. The molecule has 0 aliphatic carbocycles. The van der Waals surface area contributed by atoms with Crippen LogP contribution in [0.15, 0.2) is 24.3 Å². The highest BCUT2D eigenvalue weighted by Gasteiger charge is 2.42. The van der Waals surface area contributed by atoms with Crippen molar-refractivity contribution in [2.75, 3.05) is 52.5 Å². The van der Waals surface area contributed by atoms with Gasteiger partial charge in [0.05, 0.1) is 5.41 Å². The minimum absolute atomic E-state index is 0.0778. The summed E-state index contributed by atoms with van der Waals surface area (Å²) in [5, 5.41) is 7.16. The van der Waals surface area contributed by atoms with Crippen LogP contribution in [-0.2, 0) is 14.9 Å². The molecular weight excluding hydrogens is 326 g/mol. The molecule has 1 aromatic rings. The zero-order valence-electron chi connectivity index (χ0n) is 14.0. The molecule has 2 aliphatic rings. The Morgan fingerprint density at radius 3 is 2.67 bits per heavy atom. The molecule has 0 saturated carbocycles. The van der Waals surface area contributed by atoms with E-state index in [2.05, 4.69) is 15.5 Å². The summed E-state index contributed by atoms with van der Waals surface area (Å²) in [4.78, 5) is 15.4. The molecule has 0 bridgehead atoms. The topological polar surface area (TPSA) is 53.6 Å². The van der Waals surface area contributed by atoms with E-state index in [0.29, 0.717) is 37.6 Å². The van der Waals surface area contributed by atoms with Gasteiger partial charge in [-0.25, -0.2) is 0 Å². The average Bonchev–Trinajstić information content (AvgIpc) is 2.63. The lowest BCUT2D eigenvalue weighted by atomic mass is 9.73. The van der Waals surface area contributed by atoms with Crippen molar-refractivity contribution in [1.82, 2.24) is 15.5 Å². The number of amides is 1. The summed E-state index contributed by atoms with van der Waals surface area (Å²) < 4.78 is 5.50. The molecule has 0 aromatic heterocycles. The number of benzene rings is 1. The normalized spacial score (nSPS) is 21.4. The number of hydrogen-bond donors (Lipinski definition) is 2. The molecule has 2 aliphatic heterocycles. The number of carbonyl (C=O) groups excluding carboxylic acids is 1. The Hall–Kier alpha value is -1.14. The third kappa shape index (κ3) is 3.91. The molecule has 0 unspecified atom stereocenters. The van der Waals surface area contributed by atoms with Gasteiger partial charge in [0.1, 0.15) is 0 Å². The Labute approximate surface area is 148 Å². The first kappa shape index (κ1) is 17.7. The second-order valence-corrected chi connectivity index (χ2v) is 6.93. The lowest BCUT2D eigenvalue weighted by molar-refractivity contribution is -0.130. The molecule has 0 radical (unpaired) electrons. The molecule has 0 atom stereocenters. The first-order valence-electron chi connectivity index (χ1n) is 8.76. The van der Waals surface area contributed by atoms with Gasteiger partial charge in [-0.05, 0) is 24.5 Å². The molecular formula is C18H26ClN3O2. The average molecular weight is 352 g/mol. The quantitative estimate of drug-likeness (QED) is 0.842.